The highest BCUT2D eigenvalue weighted by atomic mass is 16.5. The predicted octanol–water partition coefficient (Wildman–Crippen LogP) is 3.62. The van der Waals surface area contributed by atoms with Crippen molar-refractivity contribution in [1.29, 1.82) is 0 Å². The number of carbonyl (C=O) groups excluding carboxylic acids is 3. The van der Waals surface area contributed by atoms with Crippen LogP contribution in [0.4, 0.5) is 5.69 Å². The van der Waals surface area contributed by atoms with Crippen molar-refractivity contribution in [2.45, 2.75) is 12.5 Å². The summed E-state index contributed by atoms with van der Waals surface area (Å²) in [5, 5.41) is 0. The van der Waals surface area contributed by atoms with Crippen LogP contribution in [0.3, 0.4) is 0 Å². The van der Waals surface area contributed by atoms with E-state index in [-0.39, 0.29) is 23.1 Å². The molecule has 0 unspecified atom stereocenters. The maximum Gasteiger partial charge on any atom is 0.338 e. The van der Waals surface area contributed by atoms with Gasteiger partial charge in [0.1, 0.15) is 5.75 Å². The van der Waals surface area contributed by atoms with Gasteiger partial charge in [-0.2, -0.15) is 0 Å². The molecule has 4 rings (SSSR count). The topological polar surface area (TPSA) is 82.1 Å². The summed E-state index contributed by atoms with van der Waals surface area (Å²) in [6.45, 7) is 0. The number of ether oxygens (including phenoxy) is 3. The van der Waals surface area contributed by atoms with E-state index < -0.39 is 23.8 Å². The van der Waals surface area contributed by atoms with Gasteiger partial charge in [0, 0.05) is 11.6 Å². The highest BCUT2D eigenvalue weighted by molar-refractivity contribution is 6.07. The second-order valence-electron chi connectivity index (χ2n) is 7.84. The summed E-state index contributed by atoms with van der Waals surface area (Å²) in [4.78, 5) is 40.5. The first kappa shape index (κ1) is 22.3. The van der Waals surface area contributed by atoms with Gasteiger partial charge in [-0.15, -0.1) is 0 Å². The van der Waals surface area contributed by atoms with Gasteiger partial charge in [0.2, 0.25) is 5.91 Å². The van der Waals surface area contributed by atoms with E-state index in [0.717, 1.165) is 11.3 Å². The summed E-state index contributed by atoms with van der Waals surface area (Å²) >= 11 is 0. The number of amides is 1. The number of benzene rings is 2. The SMILES string of the molecule is COC(=O)C1=C(C(=O)OC)[C@@H]([C@H]2C(=O)N(c3ccccc3)[C@@H]2c2ccc(OC)cc2)CC=C1. The number of anilines is 1. The average Bonchev–Trinajstić information content (AvgIpc) is 2.86. The van der Waals surface area contributed by atoms with Crippen molar-refractivity contribution < 1.29 is 28.6 Å². The zero-order valence-corrected chi connectivity index (χ0v) is 18.7. The molecule has 170 valence electrons. The Morgan fingerprint density at radius 1 is 0.909 bits per heavy atom. The van der Waals surface area contributed by atoms with Crippen LogP contribution in [0.5, 0.6) is 5.75 Å². The molecule has 1 fully saturated rings. The molecule has 0 aromatic heterocycles. The fourth-order valence-electron chi connectivity index (χ4n) is 4.66. The lowest BCUT2D eigenvalue weighted by Crippen LogP contribution is -2.58. The quantitative estimate of drug-likeness (QED) is 0.497. The van der Waals surface area contributed by atoms with E-state index in [0.29, 0.717) is 12.2 Å². The molecular formula is C26H25NO6. The van der Waals surface area contributed by atoms with Crippen molar-refractivity contribution in [3.63, 3.8) is 0 Å². The van der Waals surface area contributed by atoms with Gasteiger partial charge in [-0.3, -0.25) is 4.79 Å². The first-order valence-electron chi connectivity index (χ1n) is 10.6. The molecule has 1 heterocycles. The van der Waals surface area contributed by atoms with Gasteiger partial charge in [0.15, 0.2) is 0 Å². The number of hydrogen-bond donors (Lipinski definition) is 0. The van der Waals surface area contributed by atoms with Crippen LogP contribution in [-0.4, -0.2) is 39.2 Å². The molecule has 7 heteroatoms. The van der Waals surface area contributed by atoms with Crippen LogP contribution < -0.4 is 9.64 Å². The number of carbonyl (C=O) groups is 3. The number of para-hydroxylation sites is 1. The normalized spacial score (nSPS) is 22.0. The fraction of sp³-hybridized carbons (Fsp3) is 0.269. The zero-order chi connectivity index (χ0) is 23.5. The molecule has 2 aromatic carbocycles. The Hall–Kier alpha value is -3.87. The predicted molar refractivity (Wildman–Crippen MR) is 121 cm³/mol. The molecule has 3 atom stereocenters. The zero-order valence-electron chi connectivity index (χ0n) is 18.7. The number of methoxy groups -OCH3 is 3. The van der Waals surface area contributed by atoms with Gasteiger partial charge in [-0.25, -0.2) is 9.59 Å². The van der Waals surface area contributed by atoms with Gasteiger partial charge in [0.05, 0.1) is 44.4 Å². The maximum atomic E-state index is 13.6. The molecule has 33 heavy (non-hydrogen) atoms. The molecule has 0 saturated carbocycles. The minimum absolute atomic E-state index is 0.118. The van der Waals surface area contributed by atoms with Crippen molar-refractivity contribution >= 4 is 23.5 Å². The van der Waals surface area contributed by atoms with E-state index in [2.05, 4.69) is 0 Å². The van der Waals surface area contributed by atoms with E-state index in [1.165, 1.54) is 14.2 Å². The molecule has 2 aromatic rings. The smallest absolute Gasteiger partial charge is 0.338 e. The number of rotatable bonds is 6. The van der Waals surface area contributed by atoms with Crippen LogP contribution in [0.1, 0.15) is 18.0 Å². The Balaban J connectivity index is 1.81. The van der Waals surface area contributed by atoms with Gasteiger partial charge in [-0.05, 0) is 36.2 Å². The Morgan fingerprint density at radius 2 is 1.58 bits per heavy atom. The van der Waals surface area contributed by atoms with Crippen molar-refractivity contribution in [3.8, 4) is 5.75 Å². The van der Waals surface area contributed by atoms with E-state index in [1.54, 1.807) is 24.2 Å². The van der Waals surface area contributed by atoms with Gasteiger partial charge < -0.3 is 19.1 Å². The third-order valence-corrected chi connectivity index (χ3v) is 6.21. The molecule has 1 aliphatic carbocycles. The highest BCUT2D eigenvalue weighted by Crippen LogP contribution is 2.51. The Morgan fingerprint density at radius 3 is 2.18 bits per heavy atom. The molecule has 0 N–H and O–H groups in total. The summed E-state index contributed by atoms with van der Waals surface area (Å²) in [6.07, 6.45) is 3.79. The third kappa shape index (κ3) is 3.91. The number of allylic oxidation sites excluding steroid dienone is 1. The van der Waals surface area contributed by atoms with Crippen LogP contribution >= 0.6 is 0 Å². The molecule has 1 aliphatic heterocycles. The standard InChI is InChI=1S/C26H25NO6/c1-31-18-14-12-16(13-15-18)23-22(24(28)27(23)17-8-5-4-6-9-17)19-10-7-11-20(25(29)32-2)21(19)26(30)33-3/h4-9,11-15,19,22-23H,10H2,1-3H3/t19-,22+,23+/m0/s1. The lowest BCUT2D eigenvalue weighted by atomic mass is 9.68. The van der Waals surface area contributed by atoms with Crippen LogP contribution in [-0.2, 0) is 23.9 Å². The van der Waals surface area contributed by atoms with Crippen LogP contribution in [0.15, 0.2) is 77.9 Å². The lowest BCUT2D eigenvalue weighted by molar-refractivity contribution is -0.141. The summed E-state index contributed by atoms with van der Waals surface area (Å²) in [7, 11) is 4.12. The Bertz CT molecular complexity index is 1120. The second-order valence-corrected chi connectivity index (χ2v) is 7.84. The Labute approximate surface area is 192 Å². The molecule has 1 amide bonds. The number of esters is 2. The summed E-state index contributed by atoms with van der Waals surface area (Å²) in [6, 6.07) is 16.6. The van der Waals surface area contributed by atoms with Crippen molar-refractivity contribution in [2.75, 3.05) is 26.2 Å². The monoisotopic (exact) mass is 447 g/mol. The molecular weight excluding hydrogens is 422 g/mol. The van der Waals surface area contributed by atoms with Gasteiger partial charge in [-0.1, -0.05) is 42.5 Å². The number of β-lactam (4-membered cyclic amide) rings is 1. The van der Waals surface area contributed by atoms with Crippen LogP contribution in [0.2, 0.25) is 0 Å². The van der Waals surface area contributed by atoms with Crippen LogP contribution in [0.25, 0.3) is 0 Å². The fourth-order valence-corrected chi connectivity index (χ4v) is 4.66. The van der Waals surface area contributed by atoms with E-state index in [1.807, 2.05) is 54.6 Å². The van der Waals surface area contributed by atoms with Crippen molar-refractivity contribution in [1.82, 2.24) is 0 Å². The van der Waals surface area contributed by atoms with E-state index >= 15 is 0 Å². The summed E-state index contributed by atoms with van der Waals surface area (Å²) in [5.74, 6) is -1.77. The minimum atomic E-state index is -0.635. The van der Waals surface area contributed by atoms with E-state index in [4.69, 9.17) is 14.2 Å². The first-order chi connectivity index (χ1) is 16.0. The lowest BCUT2D eigenvalue weighted by Gasteiger charge is -2.51. The second kappa shape index (κ2) is 9.32. The van der Waals surface area contributed by atoms with Crippen molar-refractivity contribution in [2.24, 2.45) is 11.8 Å². The average molecular weight is 447 g/mol. The summed E-state index contributed by atoms with van der Waals surface area (Å²) in [5.41, 5.74) is 1.97. The minimum Gasteiger partial charge on any atom is -0.497 e. The van der Waals surface area contributed by atoms with E-state index in [9.17, 15) is 14.4 Å². The van der Waals surface area contributed by atoms with Gasteiger partial charge >= 0.3 is 11.9 Å². The molecule has 0 spiro atoms. The first-order valence-corrected chi connectivity index (χ1v) is 10.6. The molecule has 7 nitrogen and oxygen atoms in total. The number of nitrogens with zero attached hydrogens (tertiary/aromatic N) is 1. The van der Waals surface area contributed by atoms with Crippen LogP contribution in [0, 0.1) is 11.8 Å². The summed E-state index contributed by atoms with van der Waals surface area (Å²) < 4.78 is 15.2. The van der Waals surface area contributed by atoms with Crippen molar-refractivity contribution in [3.05, 3.63) is 83.5 Å². The molecule has 0 bridgehead atoms. The maximum absolute atomic E-state index is 13.6. The highest BCUT2D eigenvalue weighted by Gasteiger charge is 2.54. The van der Waals surface area contributed by atoms with Gasteiger partial charge in [0.25, 0.3) is 0 Å². The molecule has 2 aliphatic rings. The molecule has 1 saturated heterocycles. The third-order valence-electron chi connectivity index (χ3n) is 6.21. The number of hydrogen-bond acceptors (Lipinski definition) is 6. The Kier molecular flexibility index (Phi) is 6.31. The largest absolute Gasteiger partial charge is 0.497 e. The molecule has 0 radical (unpaired) electrons.